The van der Waals surface area contributed by atoms with Crippen molar-refractivity contribution in [3.05, 3.63) is 35.9 Å². The Labute approximate surface area is 96.6 Å². The van der Waals surface area contributed by atoms with E-state index in [1.165, 1.54) is 7.11 Å². The summed E-state index contributed by atoms with van der Waals surface area (Å²) in [5.74, 6) is 0.0913. The Morgan fingerprint density at radius 2 is 2.00 bits per heavy atom. The Bertz CT molecular complexity index is 324. The topological polar surface area (TPSA) is 52.3 Å². The van der Waals surface area contributed by atoms with Gasteiger partial charge in [-0.3, -0.25) is 4.79 Å². The van der Waals surface area contributed by atoms with Crippen LogP contribution in [0.5, 0.6) is 0 Å². The van der Waals surface area contributed by atoms with E-state index in [1.807, 2.05) is 30.3 Å². The highest BCUT2D eigenvalue weighted by atomic mass is 16.5. The van der Waals surface area contributed by atoms with Crippen LogP contribution in [0.1, 0.15) is 31.4 Å². The molecule has 3 heteroatoms. The van der Waals surface area contributed by atoms with Gasteiger partial charge in [-0.25, -0.2) is 0 Å². The zero-order chi connectivity index (χ0) is 12.0. The Kier molecular flexibility index (Phi) is 4.99. The van der Waals surface area contributed by atoms with E-state index >= 15 is 0 Å². The van der Waals surface area contributed by atoms with Crippen LogP contribution in [-0.4, -0.2) is 13.1 Å². The van der Waals surface area contributed by atoms with Gasteiger partial charge in [-0.15, -0.1) is 0 Å². The minimum absolute atomic E-state index is 0.0224. The van der Waals surface area contributed by atoms with Gasteiger partial charge in [0.25, 0.3) is 0 Å². The second kappa shape index (κ2) is 6.28. The predicted octanol–water partition coefficient (Wildman–Crippen LogP) is 2.28. The van der Waals surface area contributed by atoms with E-state index in [1.54, 1.807) is 0 Å². The second-order valence-corrected chi connectivity index (χ2v) is 4.03. The standard InChI is InChI=1S/C13H19NO2/c1-10(8-9-12(15)16-2)13(14)11-6-4-3-5-7-11/h3-7,10,13H,8-9,14H2,1-2H3. The van der Waals surface area contributed by atoms with Gasteiger partial charge >= 0.3 is 5.97 Å². The molecule has 0 saturated heterocycles. The number of benzene rings is 1. The fraction of sp³-hybridized carbons (Fsp3) is 0.462. The first kappa shape index (κ1) is 12.7. The summed E-state index contributed by atoms with van der Waals surface area (Å²) in [6.45, 7) is 2.06. The normalized spacial score (nSPS) is 14.2. The molecule has 16 heavy (non-hydrogen) atoms. The van der Waals surface area contributed by atoms with E-state index in [9.17, 15) is 4.79 Å². The van der Waals surface area contributed by atoms with E-state index in [0.717, 1.165) is 12.0 Å². The van der Waals surface area contributed by atoms with Gasteiger partial charge in [0.2, 0.25) is 0 Å². The van der Waals surface area contributed by atoms with Crippen molar-refractivity contribution < 1.29 is 9.53 Å². The fourth-order valence-electron chi connectivity index (χ4n) is 1.63. The van der Waals surface area contributed by atoms with Crippen molar-refractivity contribution in [2.75, 3.05) is 7.11 Å². The van der Waals surface area contributed by atoms with Gasteiger partial charge in [0.05, 0.1) is 7.11 Å². The predicted molar refractivity (Wildman–Crippen MR) is 63.8 cm³/mol. The van der Waals surface area contributed by atoms with Crippen LogP contribution in [-0.2, 0) is 9.53 Å². The third-order valence-corrected chi connectivity index (χ3v) is 2.83. The molecule has 0 aliphatic carbocycles. The number of nitrogens with two attached hydrogens (primary N) is 1. The maximum absolute atomic E-state index is 11.0. The SMILES string of the molecule is COC(=O)CCC(C)C(N)c1ccccc1. The number of esters is 1. The van der Waals surface area contributed by atoms with Crippen LogP contribution in [0.15, 0.2) is 30.3 Å². The Balaban J connectivity index is 2.48. The van der Waals surface area contributed by atoms with Crippen molar-refractivity contribution in [2.24, 2.45) is 11.7 Å². The molecule has 0 saturated carbocycles. The van der Waals surface area contributed by atoms with Gasteiger partial charge in [-0.05, 0) is 17.9 Å². The van der Waals surface area contributed by atoms with Crippen molar-refractivity contribution in [1.82, 2.24) is 0 Å². The number of carbonyl (C=O) groups is 1. The van der Waals surface area contributed by atoms with E-state index in [0.29, 0.717) is 6.42 Å². The molecule has 1 aromatic carbocycles. The molecule has 1 rings (SSSR count). The van der Waals surface area contributed by atoms with Gasteiger partial charge in [0.15, 0.2) is 0 Å². The monoisotopic (exact) mass is 221 g/mol. The van der Waals surface area contributed by atoms with Crippen LogP contribution in [0.2, 0.25) is 0 Å². The molecule has 0 aliphatic rings. The second-order valence-electron chi connectivity index (χ2n) is 4.03. The van der Waals surface area contributed by atoms with Crippen LogP contribution >= 0.6 is 0 Å². The minimum atomic E-state index is -0.174. The first-order valence-electron chi connectivity index (χ1n) is 5.52. The van der Waals surface area contributed by atoms with Crippen LogP contribution < -0.4 is 5.73 Å². The van der Waals surface area contributed by atoms with Crippen molar-refractivity contribution in [1.29, 1.82) is 0 Å². The van der Waals surface area contributed by atoms with Crippen LogP contribution in [0.4, 0.5) is 0 Å². The summed E-state index contributed by atoms with van der Waals surface area (Å²) >= 11 is 0. The van der Waals surface area contributed by atoms with Crippen LogP contribution in [0.3, 0.4) is 0 Å². The summed E-state index contributed by atoms with van der Waals surface area (Å²) in [7, 11) is 1.41. The average molecular weight is 221 g/mol. The number of rotatable bonds is 5. The van der Waals surface area contributed by atoms with Gasteiger partial charge in [-0.1, -0.05) is 37.3 Å². The molecule has 1 aromatic rings. The lowest BCUT2D eigenvalue weighted by Crippen LogP contribution is -2.20. The van der Waals surface area contributed by atoms with E-state index in [-0.39, 0.29) is 17.9 Å². The molecule has 0 spiro atoms. The van der Waals surface area contributed by atoms with E-state index in [4.69, 9.17) is 5.73 Å². The van der Waals surface area contributed by atoms with Crippen molar-refractivity contribution in [2.45, 2.75) is 25.8 Å². The number of carbonyl (C=O) groups excluding carboxylic acids is 1. The van der Waals surface area contributed by atoms with Crippen molar-refractivity contribution >= 4 is 5.97 Å². The maximum Gasteiger partial charge on any atom is 0.305 e. The molecule has 0 heterocycles. The van der Waals surface area contributed by atoms with E-state index in [2.05, 4.69) is 11.7 Å². The lowest BCUT2D eigenvalue weighted by molar-refractivity contribution is -0.140. The molecule has 0 amide bonds. The summed E-state index contributed by atoms with van der Waals surface area (Å²) in [5, 5.41) is 0. The molecular weight excluding hydrogens is 202 g/mol. The number of hydrogen-bond donors (Lipinski definition) is 1. The lowest BCUT2D eigenvalue weighted by Gasteiger charge is -2.19. The Morgan fingerprint density at radius 3 is 2.56 bits per heavy atom. The third-order valence-electron chi connectivity index (χ3n) is 2.83. The molecule has 3 nitrogen and oxygen atoms in total. The van der Waals surface area contributed by atoms with Gasteiger partial charge in [0, 0.05) is 12.5 Å². The Hall–Kier alpha value is -1.35. The summed E-state index contributed by atoms with van der Waals surface area (Å²) in [6.07, 6.45) is 1.18. The average Bonchev–Trinajstić information content (AvgIpc) is 2.35. The molecule has 0 radical (unpaired) electrons. The van der Waals surface area contributed by atoms with Crippen LogP contribution in [0.25, 0.3) is 0 Å². The quantitative estimate of drug-likeness (QED) is 0.776. The summed E-state index contributed by atoms with van der Waals surface area (Å²) in [6, 6.07) is 9.92. The van der Waals surface area contributed by atoms with Gasteiger partial charge in [0.1, 0.15) is 0 Å². The zero-order valence-corrected chi connectivity index (χ0v) is 9.85. The van der Waals surface area contributed by atoms with Crippen molar-refractivity contribution in [3.63, 3.8) is 0 Å². The number of ether oxygens (including phenoxy) is 1. The van der Waals surface area contributed by atoms with E-state index < -0.39 is 0 Å². The molecule has 0 fully saturated rings. The molecule has 2 N–H and O–H groups in total. The Morgan fingerprint density at radius 1 is 1.38 bits per heavy atom. The molecule has 2 unspecified atom stereocenters. The van der Waals surface area contributed by atoms with Crippen molar-refractivity contribution in [3.8, 4) is 0 Å². The number of methoxy groups -OCH3 is 1. The summed E-state index contributed by atoms with van der Waals surface area (Å²) in [5.41, 5.74) is 7.23. The highest BCUT2D eigenvalue weighted by molar-refractivity contribution is 5.69. The highest BCUT2D eigenvalue weighted by Gasteiger charge is 2.15. The molecule has 0 aliphatic heterocycles. The summed E-state index contributed by atoms with van der Waals surface area (Å²) < 4.78 is 4.61. The molecule has 88 valence electrons. The molecule has 2 atom stereocenters. The minimum Gasteiger partial charge on any atom is -0.469 e. The maximum atomic E-state index is 11.0. The summed E-state index contributed by atoms with van der Waals surface area (Å²) in [4.78, 5) is 11.0. The third kappa shape index (κ3) is 3.66. The largest absolute Gasteiger partial charge is 0.469 e. The molecule has 0 bridgehead atoms. The number of hydrogen-bond acceptors (Lipinski definition) is 3. The fourth-order valence-corrected chi connectivity index (χ4v) is 1.63. The molecular formula is C13H19NO2. The zero-order valence-electron chi connectivity index (χ0n) is 9.85. The van der Waals surface area contributed by atoms with Gasteiger partial charge in [-0.2, -0.15) is 0 Å². The lowest BCUT2D eigenvalue weighted by atomic mass is 9.92. The first-order chi connectivity index (χ1) is 7.65. The smallest absolute Gasteiger partial charge is 0.305 e. The highest BCUT2D eigenvalue weighted by Crippen LogP contribution is 2.22. The molecule has 0 aromatic heterocycles. The van der Waals surface area contributed by atoms with Gasteiger partial charge < -0.3 is 10.5 Å². The van der Waals surface area contributed by atoms with Crippen LogP contribution in [0, 0.1) is 5.92 Å². The first-order valence-corrected chi connectivity index (χ1v) is 5.52.